The summed E-state index contributed by atoms with van der Waals surface area (Å²) >= 11 is 0. The van der Waals surface area contributed by atoms with Crippen molar-refractivity contribution >= 4 is 0 Å². The van der Waals surface area contributed by atoms with Gasteiger partial charge in [-0.1, -0.05) is 46.3 Å². The molecule has 5 saturated heterocycles. The predicted molar refractivity (Wildman–Crippen MR) is 287 cm³/mol. The van der Waals surface area contributed by atoms with Crippen LogP contribution in [0.5, 0.6) is 0 Å². The second-order valence-electron chi connectivity index (χ2n) is 27.6. The predicted octanol–water partition coefficient (Wildman–Crippen LogP) is -3.10. The van der Waals surface area contributed by atoms with Crippen LogP contribution in [-0.2, 0) is 47.4 Å². The molecule has 0 spiro atoms. The molecule has 486 valence electrons. The Bertz CT molecular complexity index is 2210. The molecule has 9 fully saturated rings. The fourth-order valence-electron chi connectivity index (χ4n) is 17.2. The second-order valence-corrected chi connectivity index (χ2v) is 27.6. The van der Waals surface area contributed by atoms with E-state index >= 15 is 0 Å². The van der Waals surface area contributed by atoms with E-state index in [1.54, 1.807) is 0 Å². The van der Waals surface area contributed by atoms with Crippen molar-refractivity contribution < 1.29 is 129 Å². The lowest BCUT2D eigenvalue weighted by Gasteiger charge is -2.71. The molecule has 0 unspecified atom stereocenters. The van der Waals surface area contributed by atoms with Crippen LogP contribution >= 0.6 is 0 Å². The highest BCUT2D eigenvalue weighted by atomic mass is 16.8. The van der Waals surface area contributed by atoms with Gasteiger partial charge >= 0.3 is 0 Å². The monoisotopic (exact) mass is 1210 g/mol. The van der Waals surface area contributed by atoms with Gasteiger partial charge in [-0.3, -0.25) is 0 Å². The zero-order valence-electron chi connectivity index (χ0n) is 49.5. The van der Waals surface area contributed by atoms with Gasteiger partial charge in [0.25, 0.3) is 0 Å². The van der Waals surface area contributed by atoms with Crippen LogP contribution in [0.4, 0.5) is 0 Å². The van der Waals surface area contributed by atoms with Gasteiger partial charge in [0.2, 0.25) is 0 Å². The molecule has 9 aliphatic rings. The minimum atomic E-state index is -1.83. The maximum absolute atomic E-state index is 12.9. The number of aliphatic hydroxyl groups is 16. The molecule has 26 heteroatoms. The Kier molecular flexibility index (Phi) is 20.6. The molecule has 0 amide bonds. The van der Waals surface area contributed by atoms with Crippen molar-refractivity contribution in [1.82, 2.24) is 0 Å². The number of rotatable bonds is 18. The summed E-state index contributed by atoms with van der Waals surface area (Å²) in [6, 6.07) is 0. The summed E-state index contributed by atoms with van der Waals surface area (Å²) in [5, 5.41) is 174. The quantitative estimate of drug-likeness (QED) is 0.0477. The third-order valence-electron chi connectivity index (χ3n) is 22.3. The summed E-state index contributed by atoms with van der Waals surface area (Å²) < 4.78 is 60.9. The van der Waals surface area contributed by atoms with E-state index in [9.17, 15) is 81.7 Å². The molecule has 5 aliphatic heterocycles. The van der Waals surface area contributed by atoms with Crippen molar-refractivity contribution in [3.8, 4) is 0 Å². The van der Waals surface area contributed by atoms with Crippen molar-refractivity contribution in [3.05, 3.63) is 11.6 Å². The molecule has 0 bridgehead atoms. The summed E-state index contributed by atoms with van der Waals surface area (Å²) in [5.74, 6) is -0.565. The lowest BCUT2D eigenvalue weighted by molar-refractivity contribution is -0.378. The first-order valence-electron chi connectivity index (χ1n) is 30.2. The van der Waals surface area contributed by atoms with E-state index < -0.39 is 203 Å². The Morgan fingerprint density at radius 2 is 1.06 bits per heavy atom. The van der Waals surface area contributed by atoms with Gasteiger partial charge in [-0.2, -0.15) is 0 Å². The number of aliphatic hydroxyl groups excluding tert-OH is 16. The lowest BCUT2D eigenvalue weighted by Crippen LogP contribution is -2.68. The Balaban J connectivity index is 0.918. The number of allylic oxidation sites excluding steroid dienone is 2. The molecule has 33 atom stereocenters. The molecule has 0 aromatic rings. The number of ether oxygens (including phenoxy) is 10. The van der Waals surface area contributed by atoms with E-state index in [1.165, 1.54) is 0 Å². The molecular formula is C58H98O26. The minimum absolute atomic E-state index is 0.0176. The van der Waals surface area contributed by atoms with Gasteiger partial charge in [-0.05, 0) is 124 Å². The summed E-state index contributed by atoms with van der Waals surface area (Å²) in [7, 11) is 0. The first-order valence-corrected chi connectivity index (χ1v) is 30.2. The second kappa shape index (κ2) is 25.8. The van der Waals surface area contributed by atoms with Gasteiger partial charge in [0.05, 0.1) is 50.8 Å². The standard InChI is InChI=1S/C58H98O26/c1-24(2)10-9-14-58(8,84-51-46(74)42(70)39(67)31(80-51)23-76-52-47(40(68)30(21-61)78-52)82-49-44(72)36(64)27(63)22-75-49)25-11-16-57(7)35(25)26(62)18-33-55(5)15-13-34(54(3,4)32(55)12-17-56(33,57)6)81-53-48(43(71)38(66)29(20-60)79-53)83-50-45(73)41(69)37(65)28(19-59)77-50/h10,25-53,59-74H,9,11-23H2,1-8H3/t25-,26+,27-,28+,29+,30+,31+,32-,33+,34-,35-,36-,37+,38+,39+,40+,41-,42-,43-,44-,45+,46+,47-,48+,49+,50-,51-,52-,53-,55-,56+,57+,58+/m0/s1. The molecule has 0 aromatic heterocycles. The van der Waals surface area contributed by atoms with E-state index in [4.69, 9.17) is 47.4 Å². The average molecular weight is 1210 g/mol. The molecule has 16 N–H and O–H groups in total. The maximum Gasteiger partial charge on any atom is 0.187 e. The van der Waals surface area contributed by atoms with Gasteiger partial charge in [-0.15, -0.1) is 0 Å². The first kappa shape index (κ1) is 67.1. The summed E-state index contributed by atoms with van der Waals surface area (Å²) in [6.45, 7) is 14.1. The minimum Gasteiger partial charge on any atom is -0.394 e. The van der Waals surface area contributed by atoms with Gasteiger partial charge in [0.1, 0.15) is 110 Å². The van der Waals surface area contributed by atoms with Crippen LogP contribution in [0.1, 0.15) is 113 Å². The topological polar surface area (TPSA) is 416 Å². The molecule has 0 aromatic carbocycles. The van der Waals surface area contributed by atoms with Crippen molar-refractivity contribution in [1.29, 1.82) is 0 Å². The maximum atomic E-state index is 12.9. The van der Waals surface area contributed by atoms with E-state index in [0.29, 0.717) is 38.5 Å². The smallest absolute Gasteiger partial charge is 0.187 e. The van der Waals surface area contributed by atoms with E-state index in [0.717, 1.165) is 24.8 Å². The van der Waals surface area contributed by atoms with Crippen molar-refractivity contribution in [2.24, 2.45) is 45.3 Å². The third-order valence-corrected chi connectivity index (χ3v) is 22.3. The summed E-state index contributed by atoms with van der Waals surface area (Å²) in [5.41, 5.74) is -1.72. The van der Waals surface area contributed by atoms with Crippen LogP contribution in [0.25, 0.3) is 0 Å². The van der Waals surface area contributed by atoms with Gasteiger partial charge in [0.15, 0.2) is 31.5 Å². The molecule has 9 rings (SSSR count). The highest BCUT2D eigenvalue weighted by Crippen LogP contribution is 2.76. The molecular weight excluding hydrogens is 1110 g/mol. The molecule has 4 saturated carbocycles. The van der Waals surface area contributed by atoms with E-state index in [2.05, 4.69) is 40.7 Å². The molecule has 0 radical (unpaired) electrons. The Morgan fingerprint density at radius 1 is 0.524 bits per heavy atom. The summed E-state index contributed by atoms with van der Waals surface area (Å²) in [4.78, 5) is 0. The van der Waals surface area contributed by atoms with Gasteiger partial charge in [0, 0.05) is 0 Å². The largest absolute Gasteiger partial charge is 0.394 e. The molecule has 4 aliphatic carbocycles. The van der Waals surface area contributed by atoms with E-state index in [1.807, 2.05) is 20.8 Å². The SMILES string of the molecule is CC(C)=CCC[C@@](C)(O[C@@H]1O[C@H](CO[C@H]2O[C@H](CO)[C@@H](O)[C@@H]2O[C@H]2OC[C@H](O)[C@H](O)[C@@H]2O)[C@@H](O)[C@H](O)[C@H]1O)[C@H]1CC[C@]2(C)[C@@H]1[C@H](O)C[C@@H]1[C@@]3(C)CC[C@H](O[C@@H]4O[C@H](CO)[C@@H](O)[C@H](O)[C@H]4O[C@@H]4O[C@H](CO)[C@@H](O)[C@H](O)[C@H]4O)C(C)(C)[C@@H]3CC[C@]12C. The van der Waals surface area contributed by atoms with Crippen molar-refractivity contribution in [2.75, 3.05) is 33.0 Å². The number of hydrogen-bond donors (Lipinski definition) is 16. The number of fused-ring (bicyclic) bond motifs is 5. The fraction of sp³-hybridized carbons (Fsp3) is 0.966. The zero-order chi connectivity index (χ0) is 61.5. The molecule has 26 nitrogen and oxygen atoms in total. The Labute approximate surface area is 490 Å². The normalized spacial score (nSPS) is 52.9. The molecule has 84 heavy (non-hydrogen) atoms. The lowest BCUT2D eigenvalue weighted by atomic mass is 9.35. The van der Waals surface area contributed by atoms with Crippen molar-refractivity contribution in [3.63, 3.8) is 0 Å². The van der Waals surface area contributed by atoms with E-state index in [-0.39, 0.29) is 34.5 Å². The fourth-order valence-corrected chi connectivity index (χ4v) is 17.2. The Hall–Kier alpha value is -1.30. The van der Waals surface area contributed by atoms with Crippen LogP contribution in [0.2, 0.25) is 0 Å². The Morgan fingerprint density at radius 3 is 1.70 bits per heavy atom. The highest BCUT2D eigenvalue weighted by molar-refractivity contribution is 5.21. The van der Waals surface area contributed by atoms with Crippen LogP contribution in [0.3, 0.4) is 0 Å². The number of hydrogen-bond acceptors (Lipinski definition) is 26. The highest BCUT2D eigenvalue weighted by Gasteiger charge is 2.72. The van der Waals surface area contributed by atoms with Crippen LogP contribution in [-0.4, -0.2) is 274 Å². The average Bonchev–Trinajstić information content (AvgIpc) is 1.32. The van der Waals surface area contributed by atoms with Gasteiger partial charge in [-0.25, -0.2) is 0 Å². The zero-order valence-corrected chi connectivity index (χ0v) is 49.5. The third kappa shape index (κ3) is 11.9. The van der Waals surface area contributed by atoms with Crippen LogP contribution in [0.15, 0.2) is 11.6 Å². The van der Waals surface area contributed by atoms with Gasteiger partial charge < -0.3 is 129 Å². The van der Waals surface area contributed by atoms with Crippen molar-refractivity contribution in [2.45, 2.75) is 272 Å². The first-order chi connectivity index (χ1) is 39.4. The summed E-state index contributed by atoms with van der Waals surface area (Å²) in [6.07, 6.45) is -29.8. The van der Waals surface area contributed by atoms with Crippen LogP contribution < -0.4 is 0 Å². The molecule has 5 heterocycles. The van der Waals surface area contributed by atoms with Crippen LogP contribution in [0, 0.1) is 45.3 Å².